The topological polar surface area (TPSA) is 169 Å². The van der Waals surface area contributed by atoms with Gasteiger partial charge in [0.05, 0.1) is 6.33 Å². The zero-order valence-electron chi connectivity index (χ0n) is 19.5. The number of fused-ring (bicyclic) bond motifs is 1. The van der Waals surface area contributed by atoms with Crippen molar-refractivity contribution < 1.29 is 24.9 Å². The molecule has 1 saturated heterocycles. The van der Waals surface area contributed by atoms with Gasteiger partial charge in [0.25, 0.3) is 5.91 Å². The van der Waals surface area contributed by atoms with Gasteiger partial charge in [-0.15, -0.1) is 0 Å². The fraction of sp³-hybridized carbons (Fsp3) is 0.667. The first-order chi connectivity index (χ1) is 16.8. The van der Waals surface area contributed by atoms with E-state index >= 15 is 0 Å². The number of rotatable bonds is 3. The molecule has 186 valence electrons. The van der Waals surface area contributed by atoms with Crippen molar-refractivity contribution in [2.45, 2.75) is 69.2 Å². The summed E-state index contributed by atoms with van der Waals surface area (Å²) in [5, 5.41) is 35.1. The van der Waals surface area contributed by atoms with Gasteiger partial charge in [0, 0.05) is 6.54 Å². The molecule has 7 rings (SSSR count). The molecule has 5 fully saturated rings. The molecular formula is C24H30N6O5. The summed E-state index contributed by atoms with van der Waals surface area (Å²) < 4.78 is 7.12. The molecule has 35 heavy (non-hydrogen) atoms. The van der Waals surface area contributed by atoms with Crippen LogP contribution in [0.25, 0.3) is 11.2 Å². The van der Waals surface area contributed by atoms with Crippen molar-refractivity contribution in [3.05, 3.63) is 12.2 Å². The van der Waals surface area contributed by atoms with Crippen LogP contribution in [0.5, 0.6) is 0 Å². The molecular weight excluding hydrogens is 452 g/mol. The highest BCUT2D eigenvalue weighted by atomic mass is 16.6. The minimum absolute atomic E-state index is 0.100. The molecule has 1 amide bonds. The second-order valence-corrected chi connectivity index (χ2v) is 10.5. The number of hydrogen-bond acceptors (Lipinski definition) is 9. The van der Waals surface area contributed by atoms with Crippen molar-refractivity contribution in [1.29, 1.82) is 0 Å². The first-order valence-corrected chi connectivity index (χ1v) is 12.3. The number of hydrogen-bond donors (Lipinski definition) is 5. The Morgan fingerprint density at radius 3 is 2.54 bits per heavy atom. The van der Waals surface area contributed by atoms with E-state index in [0.29, 0.717) is 18.4 Å². The summed E-state index contributed by atoms with van der Waals surface area (Å²) in [5.41, 5.74) is 5.63. The van der Waals surface area contributed by atoms with Gasteiger partial charge in [-0.3, -0.25) is 9.36 Å². The molecule has 4 aliphatic carbocycles. The smallest absolute Gasteiger partial charge is 0.252 e. The minimum Gasteiger partial charge on any atom is -0.387 e. The number of nitrogens with two attached hydrogens (primary N) is 1. The van der Waals surface area contributed by atoms with Crippen molar-refractivity contribution in [1.82, 2.24) is 24.8 Å². The van der Waals surface area contributed by atoms with Crippen LogP contribution in [0.2, 0.25) is 0 Å². The summed E-state index contributed by atoms with van der Waals surface area (Å²) in [6.45, 7) is 2.11. The lowest BCUT2D eigenvalue weighted by molar-refractivity contribution is -0.137. The molecule has 2 aromatic heterocycles. The van der Waals surface area contributed by atoms with E-state index in [9.17, 15) is 20.1 Å². The van der Waals surface area contributed by atoms with Gasteiger partial charge in [0.2, 0.25) is 5.82 Å². The number of aliphatic hydroxyl groups excluding tert-OH is 2. The maximum absolute atomic E-state index is 12.2. The van der Waals surface area contributed by atoms with E-state index in [1.165, 1.54) is 17.3 Å². The third kappa shape index (κ3) is 3.50. The largest absolute Gasteiger partial charge is 0.387 e. The van der Waals surface area contributed by atoms with Crippen LogP contribution in [-0.4, -0.2) is 71.2 Å². The zero-order valence-corrected chi connectivity index (χ0v) is 19.5. The van der Waals surface area contributed by atoms with Crippen molar-refractivity contribution in [3.63, 3.8) is 0 Å². The van der Waals surface area contributed by atoms with E-state index in [0.717, 1.165) is 25.7 Å². The summed E-state index contributed by atoms with van der Waals surface area (Å²) >= 11 is 0. The van der Waals surface area contributed by atoms with E-state index < -0.39 is 36.0 Å². The lowest BCUT2D eigenvalue weighted by Crippen LogP contribution is -2.56. The number of likely N-dealkylation sites (N-methyl/N-ethyl adjacent to an activating group) is 1. The summed E-state index contributed by atoms with van der Waals surface area (Å²) in [7, 11) is 0. The van der Waals surface area contributed by atoms with Gasteiger partial charge in [-0.05, 0) is 68.6 Å². The second-order valence-electron chi connectivity index (χ2n) is 10.5. The molecule has 6 N–H and O–H groups in total. The molecule has 5 aliphatic rings. The molecule has 3 heterocycles. The van der Waals surface area contributed by atoms with Crippen LogP contribution >= 0.6 is 0 Å². The lowest BCUT2D eigenvalue weighted by Gasteiger charge is -2.56. The number of ether oxygens (including phenoxy) is 1. The first kappa shape index (κ1) is 22.7. The molecule has 2 unspecified atom stereocenters. The second kappa shape index (κ2) is 8.13. The van der Waals surface area contributed by atoms with Gasteiger partial charge in [0.15, 0.2) is 23.8 Å². The number of anilines is 1. The number of carbonyl (C=O) groups excluding carboxylic acids is 1. The minimum atomic E-state index is -1.42. The number of aliphatic hydroxyl groups is 3. The fourth-order valence-corrected chi connectivity index (χ4v) is 6.82. The molecule has 11 nitrogen and oxygen atoms in total. The van der Waals surface area contributed by atoms with Crippen LogP contribution in [0.15, 0.2) is 6.33 Å². The Morgan fingerprint density at radius 1 is 1.20 bits per heavy atom. The van der Waals surface area contributed by atoms with Crippen LogP contribution in [0.4, 0.5) is 5.82 Å². The highest BCUT2D eigenvalue weighted by Gasteiger charge is 2.56. The Morgan fingerprint density at radius 2 is 1.89 bits per heavy atom. The Balaban J connectivity index is 1.32. The van der Waals surface area contributed by atoms with E-state index in [1.807, 2.05) is 0 Å². The zero-order chi connectivity index (χ0) is 24.5. The number of nitrogens with one attached hydrogen (secondary N) is 1. The lowest BCUT2D eigenvalue weighted by atomic mass is 9.50. The highest BCUT2D eigenvalue weighted by molar-refractivity contribution is 5.83. The summed E-state index contributed by atoms with van der Waals surface area (Å²) in [5.74, 6) is 7.53. The van der Waals surface area contributed by atoms with Crippen molar-refractivity contribution in [3.8, 4) is 11.8 Å². The molecule has 4 atom stereocenters. The van der Waals surface area contributed by atoms with Gasteiger partial charge in [-0.1, -0.05) is 5.92 Å². The quantitative estimate of drug-likeness (QED) is 0.369. The van der Waals surface area contributed by atoms with Gasteiger partial charge in [-0.2, -0.15) is 0 Å². The highest BCUT2D eigenvalue weighted by Crippen LogP contribution is 2.58. The van der Waals surface area contributed by atoms with Crippen LogP contribution < -0.4 is 11.1 Å². The van der Waals surface area contributed by atoms with Crippen LogP contribution in [0.3, 0.4) is 0 Å². The number of imidazole rings is 1. The molecule has 1 aliphatic heterocycles. The molecule has 4 saturated carbocycles. The Bertz CT molecular complexity index is 1210. The molecule has 0 aromatic carbocycles. The number of amides is 1. The van der Waals surface area contributed by atoms with Crippen LogP contribution in [-0.2, 0) is 9.53 Å². The predicted octanol–water partition coefficient (Wildman–Crippen LogP) is -0.297. The summed E-state index contributed by atoms with van der Waals surface area (Å²) in [4.78, 5) is 25.2. The third-order valence-corrected chi connectivity index (χ3v) is 8.33. The molecule has 4 bridgehead atoms. The number of nitrogens with zero attached hydrogens (tertiary/aromatic N) is 4. The van der Waals surface area contributed by atoms with E-state index in [1.54, 1.807) is 6.92 Å². The fourth-order valence-electron chi connectivity index (χ4n) is 6.82. The van der Waals surface area contributed by atoms with Crippen molar-refractivity contribution in [2.75, 3.05) is 12.3 Å². The van der Waals surface area contributed by atoms with Crippen molar-refractivity contribution in [2.24, 2.45) is 23.7 Å². The average molecular weight is 483 g/mol. The Hall–Kier alpha value is -2.78. The van der Waals surface area contributed by atoms with E-state index in [-0.39, 0.29) is 34.6 Å². The molecule has 0 spiro atoms. The third-order valence-electron chi connectivity index (χ3n) is 8.33. The Kier molecular flexibility index (Phi) is 5.27. The van der Waals surface area contributed by atoms with Gasteiger partial charge in [-0.25, -0.2) is 15.0 Å². The van der Waals surface area contributed by atoms with Gasteiger partial charge < -0.3 is 31.1 Å². The predicted molar refractivity (Wildman–Crippen MR) is 123 cm³/mol. The molecule has 11 heteroatoms. The van der Waals surface area contributed by atoms with Crippen LogP contribution in [0.1, 0.15) is 51.1 Å². The standard InChI is InChI=1S/C24H30N6O5/c1-2-26-22(33)19-17(31)18(32)23(35-19)30-10-27-16-20(25)28-15(29-21(16)30)3-4-24(34)13-6-11-5-12(8-13)9-14(24)7-11/h10-14,17-19,23,31-32,34H,2,5-9H2,1H3,(H,26,33)(H2,25,28,29)/t11?,12?,13?,14?,17?,18?,19-,23+,24?/m0/s1. The maximum Gasteiger partial charge on any atom is 0.252 e. The molecule has 0 radical (unpaired) electrons. The van der Waals surface area contributed by atoms with Crippen LogP contribution in [0, 0.1) is 35.5 Å². The Labute approximate surface area is 202 Å². The van der Waals surface area contributed by atoms with Gasteiger partial charge >= 0.3 is 0 Å². The average Bonchev–Trinajstić information content (AvgIpc) is 3.37. The normalized spacial score (nSPS) is 39.5. The number of carbonyl (C=O) groups is 1. The van der Waals surface area contributed by atoms with Gasteiger partial charge in [0.1, 0.15) is 23.3 Å². The van der Waals surface area contributed by atoms with E-state index in [4.69, 9.17) is 10.5 Å². The maximum atomic E-state index is 12.2. The number of aromatic nitrogens is 4. The monoisotopic (exact) mass is 482 g/mol. The first-order valence-electron chi connectivity index (χ1n) is 12.3. The number of nitrogen functional groups attached to an aromatic ring is 1. The molecule has 2 aromatic rings. The summed E-state index contributed by atoms with van der Waals surface area (Å²) in [6, 6.07) is 0. The van der Waals surface area contributed by atoms with E-state index in [2.05, 4.69) is 32.1 Å². The van der Waals surface area contributed by atoms with Crippen molar-refractivity contribution >= 4 is 22.9 Å². The SMILES string of the molecule is CCNC(=O)[C@H]1O[C@@H](n2cnc3c(N)nc(C#CC4(O)C5CC6CC(C5)CC4C6)nc32)C(O)C1O. The summed E-state index contributed by atoms with van der Waals surface area (Å²) in [6.07, 6.45) is 1.55.